The number of benzene rings is 1. The van der Waals surface area contributed by atoms with Crippen LogP contribution >= 0.6 is 0 Å². The summed E-state index contributed by atoms with van der Waals surface area (Å²) in [7, 11) is 0. The van der Waals surface area contributed by atoms with E-state index in [-0.39, 0.29) is 5.91 Å². The van der Waals surface area contributed by atoms with E-state index < -0.39 is 0 Å². The number of hydrogen-bond acceptors (Lipinski definition) is 4. The largest absolute Gasteiger partial charge is 0.399 e. The van der Waals surface area contributed by atoms with Crippen molar-refractivity contribution in [2.24, 2.45) is 0 Å². The second-order valence-electron chi connectivity index (χ2n) is 4.06. The van der Waals surface area contributed by atoms with Gasteiger partial charge in [-0.15, -0.1) is 10.2 Å². The SMILES string of the molecule is Nc1ccc(NC(=O)c2cccn3cnnc23)cc1. The van der Waals surface area contributed by atoms with E-state index in [1.165, 1.54) is 0 Å². The molecule has 0 saturated carbocycles. The molecule has 0 spiro atoms. The van der Waals surface area contributed by atoms with E-state index in [1.807, 2.05) is 0 Å². The van der Waals surface area contributed by atoms with Crippen molar-refractivity contribution >= 4 is 22.9 Å². The van der Waals surface area contributed by atoms with Crippen LogP contribution in [0.5, 0.6) is 0 Å². The normalized spacial score (nSPS) is 10.5. The second-order valence-corrected chi connectivity index (χ2v) is 4.06. The first-order valence-electron chi connectivity index (χ1n) is 5.69. The predicted molar refractivity (Wildman–Crippen MR) is 71.8 cm³/mol. The van der Waals surface area contributed by atoms with Crippen LogP contribution in [0.4, 0.5) is 11.4 Å². The van der Waals surface area contributed by atoms with Crippen LogP contribution in [0.25, 0.3) is 5.65 Å². The van der Waals surface area contributed by atoms with E-state index in [0.717, 1.165) is 0 Å². The summed E-state index contributed by atoms with van der Waals surface area (Å²) in [6.07, 6.45) is 3.34. The molecule has 0 saturated heterocycles. The molecule has 6 nitrogen and oxygen atoms in total. The highest BCUT2D eigenvalue weighted by Crippen LogP contribution is 2.14. The summed E-state index contributed by atoms with van der Waals surface area (Å²) in [6.45, 7) is 0. The highest BCUT2D eigenvalue weighted by molar-refractivity contribution is 6.08. The summed E-state index contributed by atoms with van der Waals surface area (Å²) in [6, 6.07) is 10.4. The maximum atomic E-state index is 12.2. The zero-order valence-electron chi connectivity index (χ0n) is 9.95. The van der Waals surface area contributed by atoms with Crippen molar-refractivity contribution in [3.63, 3.8) is 0 Å². The Bertz CT molecular complexity index is 732. The molecule has 2 aromatic heterocycles. The summed E-state index contributed by atoms with van der Waals surface area (Å²) >= 11 is 0. The molecule has 94 valence electrons. The topological polar surface area (TPSA) is 85.3 Å². The Balaban J connectivity index is 1.92. The van der Waals surface area contributed by atoms with Gasteiger partial charge in [0.2, 0.25) is 0 Å². The number of carbonyl (C=O) groups is 1. The van der Waals surface area contributed by atoms with Crippen molar-refractivity contribution in [3.8, 4) is 0 Å². The monoisotopic (exact) mass is 253 g/mol. The van der Waals surface area contributed by atoms with E-state index in [4.69, 9.17) is 5.73 Å². The lowest BCUT2D eigenvalue weighted by molar-refractivity contribution is 0.102. The Morgan fingerprint density at radius 3 is 2.79 bits per heavy atom. The fourth-order valence-electron chi connectivity index (χ4n) is 1.79. The van der Waals surface area contributed by atoms with Crippen molar-refractivity contribution in [2.45, 2.75) is 0 Å². The van der Waals surface area contributed by atoms with Crippen LogP contribution in [-0.2, 0) is 0 Å². The molecule has 19 heavy (non-hydrogen) atoms. The highest BCUT2D eigenvalue weighted by atomic mass is 16.1. The quantitative estimate of drug-likeness (QED) is 0.679. The number of nitrogens with two attached hydrogens (primary N) is 1. The van der Waals surface area contributed by atoms with Gasteiger partial charge in [0, 0.05) is 17.6 Å². The van der Waals surface area contributed by atoms with Crippen molar-refractivity contribution in [1.29, 1.82) is 0 Å². The number of rotatable bonds is 2. The summed E-state index contributed by atoms with van der Waals surface area (Å²) in [5.74, 6) is -0.233. The van der Waals surface area contributed by atoms with Crippen molar-refractivity contribution < 1.29 is 4.79 Å². The van der Waals surface area contributed by atoms with Gasteiger partial charge in [-0.05, 0) is 36.4 Å². The number of fused-ring (bicyclic) bond motifs is 1. The molecule has 0 atom stereocenters. The van der Waals surface area contributed by atoms with Crippen molar-refractivity contribution in [1.82, 2.24) is 14.6 Å². The van der Waals surface area contributed by atoms with Crippen LogP contribution < -0.4 is 11.1 Å². The predicted octanol–water partition coefficient (Wildman–Crippen LogP) is 1.56. The highest BCUT2D eigenvalue weighted by Gasteiger charge is 2.11. The Hall–Kier alpha value is -2.89. The summed E-state index contributed by atoms with van der Waals surface area (Å²) < 4.78 is 1.69. The van der Waals surface area contributed by atoms with Gasteiger partial charge in [-0.25, -0.2) is 0 Å². The fourth-order valence-corrected chi connectivity index (χ4v) is 1.79. The number of nitrogen functional groups attached to an aromatic ring is 1. The van der Waals surface area contributed by atoms with Crippen LogP contribution in [0.15, 0.2) is 48.9 Å². The molecule has 1 aromatic carbocycles. The van der Waals surface area contributed by atoms with E-state index >= 15 is 0 Å². The summed E-state index contributed by atoms with van der Waals surface area (Å²) in [5, 5.41) is 10.5. The van der Waals surface area contributed by atoms with Gasteiger partial charge in [0.25, 0.3) is 5.91 Å². The van der Waals surface area contributed by atoms with E-state index in [1.54, 1.807) is 53.3 Å². The average molecular weight is 253 g/mol. The van der Waals surface area contributed by atoms with Gasteiger partial charge in [-0.2, -0.15) is 0 Å². The van der Waals surface area contributed by atoms with Crippen LogP contribution in [0, 0.1) is 0 Å². The second kappa shape index (κ2) is 4.41. The molecule has 0 aliphatic heterocycles. The van der Waals surface area contributed by atoms with Gasteiger partial charge >= 0.3 is 0 Å². The number of anilines is 2. The first-order valence-corrected chi connectivity index (χ1v) is 5.69. The molecule has 0 radical (unpaired) electrons. The smallest absolute Gasteiger partial charge is 0.259 e. The Morgan fingerprint density at radius 2 is 2.00 bits per heavy atom. The molecule has 1 amide bonds. The lowest BCUT2D eigenvalue weighted by atomic mass is 10.2. The first-order chi connectivity index (χ1) is 9.24. The molecule has 3 N–H and O–H groups in total. The molecule has 0 aliphatic carbocycles. The molecule has 0 bridgehead atoms. The van der Waals surface area contributed by atoms with Crippen LogP contribution in [0.3, 0.4) is 0 Å². The lowest BCUT2D eigenvalue weighted by Gasteiger charge is -2.06. The van der Waals surface area contributed by atoms with Crippen LogP contribution in [0.1, 0.15) is 10.4 Å². The Labute approximate surface area is 108 Å². The zero-order valence-corrected chi connectivity index (χ0v) is 9.95. The van der Waals surface area contributed by atoms with Gasteiger partial charge in [-0.3, -0.25) is 9.20 Å². The zero-order chi connectivity index (χ0) is 13.2. The summed E-state index contributed by atoms with van der Waals surface area (Å²) in [5.41, 5.74) is 7.92. The van der Waals surface area contributed by atoms with Crippen molar-refractivity contribution in [2.75, 3.05) is 11.1 Å². The molecule has 3 aromatic rings. The minimum Gasteiger partial charge on any atom is -0.399 e. The molecular weight excluding hydrogens is 242 g/mol. The number of carbonyl (C=O) groups excluding carboxylic acids is 1. The van der Waals surface area contributed by atoms with Gasteiger partial charge in [0.1, 0.15) is 6.33 Å². The third kappa shape index (κ3) is 2.11. The third-order valence-electron chi connectivity index (χ3n) is 2.74. The lowest BCUT2D eigenvalue weighted by Crippen LogP contribution is -2.13. The number of amides is 1. The van der Waals surface area contributed by atoms with Gasteiger partial charge in [0.15, 0.2) is 5.65 Å². The summed E-state index contributed by atoms with van der Waals surface area (Å²) in [4.78, 5) is 12.2. The first kappa shape index (κ1) is 11.2. The molecule has 0 fully saturated rings. The van der Waals surface area contributed by atoms with Crippen LogP contribution in [0.2, 0.25) is 0 Å². The van der Waals surface area contributed by atoms with Gasteiger partial charge in [0.05, 0.1) is 5.56 Å². The molecule has 3 rings (SSSR count). The standard InChI is InChI=1S/C13H11N5O/c14-9-3-5-10(6-4-9)16-13(19)11-2-1-7-18-8-15-17-12(11)18/h1-8H,14H2,(H,16,19). The van der Waals surface area contributed by atoms with Crippen LogP contribution in [-0.4, -0.2) is 20.5 Å². The van der Waals surface area contributed by atoms with Crippen molar-refractivity contribution in [3.05, 3.63) is 54.5 Å². The maximum Gasteiger partial charge on any atom is 0.259 e. The fraction of sp³-hybridized carbons (Fsp3) is 0. The third-order valence-corrected chi connectivity index (χ3v) is 2.74. The average Bonchev–Trinajstić information content (AvgIpc) is 2.89. The van der Waals surface area contributed by atoms with Gasteiger partial charge in [-0.1, -0.05) is 0 Å². The molecule has 0 unspecified atom stereocenters. The van der Waals surface area contributed by atoms with E-state index in [0.29, 0.717) is 22.6 Å². The minimum absolute atomic E-state index is 0.233. The van der Waals surface area contributed by atoms with Gasteiger partial charge < -0.3 is 11.1 Å². The Morgan fingerprint density at radius 1 is 1.21 bits per heavy atom. The minimum atomic E-state index is -0.233. The molecular formula is C13H11N5O. The number of hydrogen-bond donors (Lipinski definition) is 2. The molecule has 0 aliphatic rings. The molecule has 2 heterocycles. The van der Waals surface area contributed by atoms with E-state index in [2.05, 4.69) is 15.5 Å². The number of pyridine rings is 1. The number of aromatic nitrogens is 3. The van der Waals surface area contributed by atoms with E-state index in [9.17, 15) is 4.79 Å². The molecule has 6 heteroatoms. The maximum absolute atomic E-state index is 12.2. The Kier molecular flexibility index (Phi) is 2.60. The number of nitrogens with zero attached hydrogens (tertiary/aromatic N) is 3. The number of nitrogens with one attached hydrogen (secondary N) is 1.